The van der Waals surface area contributed by atoms with Crippen molar-refractivity contribution in [2.45, 2.75) is 56.2 Å². The number of sulfonamides is 1. The third-order valence-corrected chi connectivity index (χ3v) is 6.64. The second-order valence-electron chi connectivity index (χ2n) is 7.29. The third kappa shape index (κ3) is 5.67. The molecule has 0 heterocycles. The van der Waals surface area contributed by atoms with Gasteiger partial charge in [0.05, 0.1) is 5.69 Å². The van der Waals surface area contributed by atoms with Crippen molar-refractivity contribution >= 4 is 15.7 Å². The topological polar surface area (TPSA) is 58.6 Å². The molecule has 1 N–H and O–H groups in total. The predicted molar refractivity (Wildman–Crippen MR) is 109 cm³/mol. The Morgan fingerprint density at radius 2 is 1.72 bits per heavy atom. The summed E-state index contributed by atoms with van der Waals surface area (Å²) >= 11 is 0. The molecule has 0 aliphatic heterocycles. The van der Waals surface area contributed by atoms with Gasteiger partial charge in [0.25, 0.3) is 10.0 Å². The number of hydrogen-bond donors (Lipinski definition) is 1. The normalized spacial score (nSPS) is 15.6. The molecule has 29 heavy (non-hydrogen) atoms. The Morgan fingerprint density at radius 1 is 1.07 bits per heavy atom. The van der Waals surface area contributed by atoms with Gasteiger partial charge in [-0.1, -0.05) is 49.6 Å². The molecule has 0 amide bonds. The summed E-state index contributed by atoms with van der Waals surface area (Å²) in [6, 6.07) is 13.0. The first-order chi connectivity index (χ1) is 13.9. The van der Waals surface area contributed by atoms with Gasteiger partial charge in [-0.3, -0.25) is 9.62 Å². The molecule has 1 saturated carbocycles. The predicted octanol–water partition coefficient (Wildman–Crippen LogP) is 4.85. The van der Waals surface area contributed by atoms with E-state index in [1.807, 2.05) is 19.2 Å². The molecule has 1 fully saturated rings. The van der Waals surface area contributed by atoms with Crippen LogP contribution in [-0.4, -0.2) is 33.0 Å². The van der Waals surface area contributed by atoms with Gasteiger partial charge in [-0.2, -0.15) is 8.78 Å². The number of rotatable bonds is 8. The molecule has 3 rings (SSSR count). The molecule has 0 atom stereocenters. The van der Waals surface area contributed by atoms with E-state index in [0.717, 1.165) is 18.4 Å². The highest BCUT2D eigenvalue weighted by Crippen LogP contribution is 2.29. The largest absolute Gasteiger partial charge is 0.433 e. The molecule has 0 radical (unpaired) electrons. The van der Waals surface area contributed by atoms with Crippen LogP contribution in [0, 0.1) is 0 Å². The Bertz CT molecular complexity index is 916. The van der Waals surface area contributed by atoms with Crippen molar-refractivity contribution in [2.24, 2.45) is 0 Å². The number of ether oxygens (including phenoxy) is 1. The zero-order chi connectivity index (χ0) is 20.9. The van der Waals surface area contributed by atoms with Gasteiger partial charge in [0, 0.05) is 12.6 Å². The molecule has 0 aromatic heterocycles. The fourth-order valence-corrected chi connectivity index (χ4v) is 4.98. The molecular formula is C21H26F2N2O3S. The van der Waals surface area contributed by atoms with Crippen molar-refractivity contribution in [1.82, 2.24) is 4.90 Å². The summed E-state index contributed by atoms with van der Waals surface area (Å²) in [4.78, 5) is 1.93. The molecule has 1 aliphatic rings. The second-order valence-corrected chi connectivity index (χ2v) is 8.95. The van der Waals surface area contributed by atoms with Gasteiger partial charge >= 0.3 is 6.61 Å². The van der Waals surface area contributed by atoms with E-state index in [1.54, 1.807) is 12.1 Å². The zero-order valence-electron chi connectivity index (χ0n) is 16.4. The summed E-state index contributed by atoms with van der Waals surface area (Å²) in [6.45, 7) is -2.51. The fraction of sp³-hybridized carbons (Fsp3) is 0.429. The van der Waals surface area contributed by atoms with Crippen molar-refractivity contribution in [1.29, 1.82) is 0 Å². The van der Waals surface area contributed by atoms with E-state index in [1.165, 1.54) is 43.5 Å². The number of halogens is 2. The SMILES string of the molecule is CN(Cc1ccccc1NS(=O)(=O)c1ccccc1OC(F)F)C1CCCCC1. The van der Waals surface area contributed by atoms with E-state index in [4.69, 9.17) is 0 Å². The van der Waals surface area contributed by atoms with E-state index in [2.05, 4.69) is 14.4 Å². The molecule has 0 bridgehead atoms. The molecule has 2 aromatic carbocycles. The molecule has 8 heteroatoms. The van der Waals surface area contributed by atoms with Gasteiger partial charge in [0.1, 0.15) is 10.6 Å². The standard InChI is InChI=1S/C21H26F2N2O3S/c1-25(17-10-3-2-4-11-17)15-16-9-5-6-12-18(16)24-29(26,27)20-14-8-7-13-19(20)28-21(22)23/h5-9,12-14,17,21,24H,2-4,10-11,15H2,1H3. The van der Waals surface area contributed by atoms with Gasteiger partial charge < -0.3 is 4.74 Å². The molecule has 2 aromatic rings. The number of benzene rings is 2. The fourth-order valence-electron chi connectivity index (χ4n) is 3.74. The van der Waals surface area contributed by atoms with Crippen LogP contribution in [0.25, 0.3) is 0 Å². The lowest BCUT2D eigenvalue weighted by Crippen LogP contribution is -2.33. The van der Waals surface area contributed by atoms with Gasteiger partial charge in [-0.15, -0.1) is 0 Å². The number of alkyl halides is 2. The zero-order valence-corrected chi connectivity index (χ0v) is 17.2. The summed E-state index contributed by atoms with van der Waals surface area (Å²) < 4.78 is 58.0. The van der Waals surface area contributed by atoms with Crippen LogP contribution in [0.15, 0.2) is 53.4 Å². The Balaban J connectivity index is 1.81. The first-order valence-electron chi connectivity index (χ1n) is 9.71. The lowest BCUT2D eigenvalue weighted by atomic mass is 9.94. The Labute approximate surface area is 170 Å². The minimum Gasteiger partial charge on any atom is -0.433 e. The van der Waals surface area contributed by atoms with Crippen molar-refractivity contribution in [3.8, 4) is 5.75 Å². The van der Waals surface area contributed by atoms with E-state index in [-0.39, 0.29) is 10.6 Å². The van der Waals surface area contributed by atoms with E-state index >= 15 is 0 Å². The first-order valence-corrected chi connectivity index (χ1v) is 11.2. The summed E-state index contributed by atoms with van der Waals surface area (Å²) in [5.74, 6) is -0.383. The molecular weight excluding hydrogens is 398 g/mol. The number of anilines is 1. The molecule has 0 spiro atoms. The van der Waals surface area contributed by atoms with E-state index in [0.29, 0.717) is 18.3 Å². The summed E-state index contributed by atoms with van der Waals surface area (Å²) in [5, 5.41) is 0. The Kier molecular flexibility index (Phi) is 7.08. The Morgan fingerprint density at radius 3 is 2.45 bits per heavy atom. The lowest BCUT2D eigenvalue weighted by molar-refractivity contribution is -0.0517. The molecule has 0 unspecified atom stereocenters. The highest BCUT2D eigenvalue weighted by Gasteiger charge is 2.23. The molecule has 1 aliphatic carbocycles. The quantitative estimate of drug-likeness (QED) is 0.658. The van der Waals surface area contributed by atoms with Gasteiger partial charge in [0.2, 0.25) is 0 Å². The number of nitrogens with one attached hydrogen (secondary N) is 1. The lowest BCUT2D eigenvalue weighted by Gasteiger charge is -2.31. The van der Waals surface area contributed by atoms with E-state index < -0.39 is 16.6 Å². The maximum atomic E-state index is 12.9. The average Bonchev–Trinajstić information content (AvgIpc) is 2.70. The van der Waals surface area contributed by atoms with Crippen LogP contribution >= 0.6 is 0 Å². The highest BCUT2D eigenvalue weighted by molar-refractivity contribution is 7.92. The second kappa shape index (κ2) is 9.54. The van der Waals surface area contributed by atoms with Crippen LogP contribution in [0.3, 0.4) is 0 Å². The minimum atomic E-state index is -4.10. The average molecular weight is 425 g/mol. The molecule has 0 saturated heterocycles. The van der Waals surface area contributed by atoms with Crippen molar-refractivity contribution < 1.29 is 21.9 Å². The maximum absolute atomic E-state index is 12.9. The van der Waals surface area contributed by atoms with Gasteiger partial charge in [-0.05, 0) is 43.7 Å². The van der Waals surface area contributed by atoms with Crippen LogP contribution < -0.4 is 9.46 Å². The Hall–Kier alpha value is -2.19. The first kappa shape index (κ1) is 21.5. The summed E-state index contributed by atoms with van der Waals surface area (Å²) in [7, 11) is -2.05. The third-order valence-electron chi connectivity index (χ3n) is 5.23. The molecule has 5 nitrogen and oxygen atoms in total. The maximum Gasteiger partial charge on any atom is 0.387 e. The monoisotopic (exact) mass is 424 g/mol. The number of hydrogen-bond acceptors (Lipinski definition) is 4. The van der Waals surface area contributed by atoms with Crippen molar-refractivity contribution in [3.63, 3.8) is 0 Å². The number of nitrogens with zero attached hydrogens (tertiary/aromatic N) is 1. The van der Waals surface area contributed by atoms with Gasteiger partial charge in [0.15, 0.2) is 0 Å². The van der Waals surface area contributed by atoms with Crippen LogP contribution in [0.5, 0.6) is 5.75 Å². The van der Waals surface area contributed by atoms with E-state index in [9.17, 15) is 17.2 Å². The smallest absolute Gasteiger partial charge is 0.387 e. The van der Waals surface area contributed by atoms with Crippen LogP contribution in [-0.2, 0) is 16.6 Å². The van der Waals surface area contributed by atoms with Gasteiger partial charge in [-0.25, -0.2) is 8.42 Å². The van der Waals surface area contributed by atoms with Crippen LogP contribution in [0.4, 0.5) is 14.5 Å². The summed E-state index contributed by atoms with van der Waals surface area (Å²) in [5.41, 5.74) is 1.26. The highest BCUT2D eigenvalue weighted by atomic mass is 32.2. The molecule has 158 valence electrons. The van der Waals surface area contributed by atoms with Crippen molar-refractivity contribution in [2.75, 3.05) is 11.8 Å². The van der Waals surface area contributed by atoms with Crippen LogP contribution in [0.1, 0.15) is 37.7 Å². The van der Waals surface area contributed by atoms with Crippen LogP contribution in [0.2, 0.25) is 0 Å². The van der Waals surface area contributed by atoms with Crippen molar-refractivity contribution in [3.05, 3.63) is 54.1 Å². The summed E-state index contributed by atoms with van der Waals surface area (Å²) in [6.07, 6.45) is 5.97. The number of para-hydroxylation sites is 2. The minimum absolute atomic E-state index is 0.323.